The Bertz CT molecular complexity index is 615. The number of hydrogen-bond acceptors (Lipinski definition) is 6. The lowest BCUT2D eigenvalue weighted by molar-refractivity contribution is 0.130. The number of hydrogen-bond donors (Lipinski definition) is 0. The SMILES string of the molecule is COc1ccc(/C=N\OCc2c(C)noc2C)cc1OC. The third kappa shape index (κ3) is 3.53. The Labute approximate surface area is 123 Å². The van der Waals surface area contributed by atoms with E-state index < -0.39 is 0 Å². The Morgan fingerprint density at radius 1 is 1.19 bits per heavy atom. The minimum Gasteiger partial charge on any atom is -0.493 e. The molecule has 112 valence electrons. The predicted octanol–water partition coefficient (Wildman–Crippen LogP) is 2.86. The monoisotopic (exact) mass is 290 g/mol. The highest BCUT2D eigenvalue weighted by Crippen LogP contribution is 2.26. The predicted molar refractivity (Wildman–Crippen MR) is 77.9 cm³/mol. The lowest BCUT2D eigenvalue weighted by Crippen LogP contribution is -1.93. The topological polar surface area (TPSA) is 66.1 Å². The van der Waals surface area contributed by atoms with Gasteiger partial charge < -0.3 is 18.8 Å². The van der Waals surface area contributed by atoms with Crippen LogP contribution in [-0.2, 0) is 11.4 Å². The lowest BCUT2D eigenvalue weighted by atomic mass is 10.2. The molecule has 0 saturated carbocycles. The van der Waals surface area contributed by atoms with Gasteiger partial charge in [0, 0.05) is 5.56 Å². The molecule has 0 atom stereocenters. The van der Waals surface area contributed by atoms with Crippen molar-refractivity contribution in [2.45, 2.75) is 20.5 Å². The lowest BCUT2D eigenvalue weighted by Gasteiger charge is -2.07. The van der Waals surface area contributed by atoms with Crippen LogP contribution >= 0.6 is 0 Å². The maximum absolute atomic E-state index is 5.27. The molecule has 0 aliphatic carbocycles. The van der Waals surface area contributed by atoms with E-state index in [2.05, 4.69) is 10.3 Å². The molecule has 2 rings (SSSR count). The molecule has 6 heteroatoms. The normalized spacial score (nSPS) is 10.9. The van der Waals surface area contributed by atoms with Crippen LogP contribution in [0.3, 0.4) is 0 Å². The fraction of sp³-hybridized carbons (Fsp3) is 0.333. The molecule has 1 heterocycles. The maximum atomic E-state index is 5.27. The Hall–Kier alpha value is -2.50. The van der Waals surface area contributed by atoms with E-state index in [4.69, 9.17) is 18.8 Å². The van der Waals surface area contributed by atoms with Crippen molar-refractivity contribution in [2.75, 3.05) is 14.2 Å². The van der Waals surface area contributed by atoms with Gasteiger partial charge in [0.2, 0.25) is 0 Å². The van der Waals surface area contributed by atoms with Crippen LogP contribution in [0.4, 0.5) is 0 Å². The molecular formula is C15H18N2O4. The Morgan fingerprint density at radius 2 is 1.95 bits per heavy atom. The standard InChI is InChI=1S/C15H18N2O4/c1-10-13(11(2)21-17-10)9-20-16-8-12-5-6-14(18-3)15(7-12)19-4/h5-8H,9H2,1-4H3/b16-8-. The van der Waals surface area contributed by atoms with Gasteiger partial charge in [-0.25, -0.2) is 0 Å². The van der Waals surface area contributed by atoms with Gasteiger partial charge in [0.15, 0.2) is 11.5 Å². The number of nitrogens with zero attached hydrogens (tertiary/aromatic N) is 2. The van der Waals surface area contributed by atoms with Crippen LogP contribution in [0.25, 0.3) is 0 Å². The Balaban J connectivity index is 1.98. The summed E-state index contributed by atoms with van der Waals surface area (Å²) < 4.78 is 15.5. The van der Waals surface area contributed by atoms with Gasteiger partial charge in [0.05, 0.1) is 31.7 Å². The molecule has 1 aromatic heterocycles. The zero-order chi connectivity index (χ0) is 15.2. The van der Waals surface area contributed by atoms with Crippen molar-refractivity contribution in [1.82, 2.24) is 5.16 Å². The van der Waals surface area contributed by atoms with Gasteiger partial charge in [0.25, 0.3) is 0 Å². The summed E-state index contributed by atoms with van der Waals surface area (Å²) in [5.74, 6) is 2.06. The minimum atomic E-state index is 0.324. The molecule has 0 aliphatic rings. The van der Waals surface area contributed by atoms with Crippen LogP contribution in [0.2, 0.25) is 0 Å². The zero-order valence-electron chi connectivity index (χ0n) is 12.5. The van der Waals surface area contributed by atoms with Crippen molar-refractivity contribution in [1.29, 1.82) is 0 Å². The molecule has 0 radical (unpaired) electrons. The number of aromatic nitrogens is 1. The second kappa shape index (κ2) is 6.78. The highest BCUT2D eigenvalue weighted by molar-refractivity contribution is 5.80. The van der Waals surface area contributed by atoms with Gasteiger partial charge in [-0.05, 0) is 32.0 Å². The van der Waals surface area contributed by atoms with Gasteiger partial charge in [0.1, 0.15) is 12.4 Å². The third-order valence-corrected chi connectivity index (χ3v) is 3.07. The molecule has 0 saturated heterocycles. The number of ether oxygens (including phenoxy) is 2. The molecule has 0 aliphatic heterocycles. The molecule has 0 fully saturated rings. The van der Waals surface area contributed by atoms with Crippen molar-refractivity contribution < 1.29 is 18.8 Å². The summed E-state index contributed by atoms with van der Waals surface area (Å²) in [6, 6.07) is 5.50. The van der Waals surface area contributed by atoms with Gasteiger partial charge in [-0.15, -0.1) is 0 Å². The van der Waals surface area contributed by atoms with E-state index in [-0.39, 0.29) is 0 Å². The van der Waals surface area contributed by atoms with Gasteiger partial charge >= 0.3 is 0 Å². The second-order valence-corrected chi connectivity index (χ2v) is 4.43. The summed E-state index contributed by atoms with van der Waals surface area (Å²) in [4.78, 5) is 5.27. The summed E-state index contributed by atoms with van der Waals surface area (Å²) in [5.41, 5.74) is 2.58. The van der Waals surface area contributed by atoms with Crippen molar-refractivity contribution in [2.24, 2.45) is 5.16 Å². The number of aryl methyl sites for hydroxylation is 2. The van der Waals surface area contributed by atoms with Gasteiger partial charge in [-0.3, -0.25) is 0 Å². The van der Waals surface area contributed by atoms with Crippen LogP contribution in [-0.4, -0.2) is 25.6 Å². The minimum absolute atomic E-state index is 0.324. The Morgan fingerprint density at radius 3 is 2.57 bits per heavy atom. The first kappa shape index (κ1) is 14.9. The second-order valence-electron chi connectivity index (χ2n) is 4.43. The van der Waals surface area contributed by atoms with E-state index in [0.717, 1.165) is 22.6 Å². The number of rotatable bonds is 6. The van der Waals surface area contributed by atoms with Crippen LogP contribution in [0.1, 0.15) is 22.6 Å². The van der Waals surface area contributed by atoms with Crippen molar-refractivity contribution >= 4 is 6.21 Å². The number of benzene rings is 1. The van der Waals surface area contributed by atoms with E-state index >= 15 is 0 Å². The molecule has 0 spiro atoms. The van der Waals surface area contributed by atoms with Crippen molar-refractivity contribution in [3.8, 4) is 11.5 Å². The largest absolute Gasteiger partial charge is 0.493 e. The summed E-state index contributed by atoms with van der Waals surface area (Å²) in [7, 11) is 3.19. The van der Waals surface area contributed by atoms with Crippen LogP contribution in [0.5, 0.6) is 11.5 Å². The zero-order valence-corrected chi connectivity index (χ0v) is 12.5. The summed E-state index contributed by atoms with van der Waals surface area (Å²) in [6.07, 6.45) is 1.61. The average molecular weight is 290 g/mol. The van der Waals surface area contributed by atoms with Crippen LogP contribution in [0, 0.1) is 13.8 Å². The van der Waals surface area contributed by atoms with E-state index in [0.29, 0.717) is 18.1 Å². The van der Waals surface area contributed by atoms with E-state index in [9.17, 15) is 0 Å². The molecule has 2 aromatic rings. The molecule has 6 nitrogen and oxygen atoms in total. The molecule has 1 aromatic carbocycles. The van der Waals surface area contributed by atoms with Gasteiger partial charge in [-0.2, -0.15) is 0 Å². The first-order valence-corrected chi connectivity index (χ1v) is 6.44. The quantitative estimate of drug-likeness (QED) is 0.604. The van der Waals surface area contributed by atoms with E-state index in [1.54, 1.807) is 20.4 Å². The smallest absolute Gasteiger partial charge is 0.161 e. The van der Waals surface area contributed by atoms with Crippen LogP contribution in [0.15, 0.2) is 27.9 Å². The Kier molecular flexibility index (Phi) is 4.81. The van der Waals surface area contributed by atoms with Crippen molar-refractivity contribution in [3.63, 3.8) is 0 Å². The molecule has 0 amide bonds. The highest BCUT2D eigenvalue weighted by atomic mass is 16.6. The average Bonchev–Trinajstić information content (AvgIpc) is 2.82. The molecule has 0 unspecified atom stereocenters. The summed E-state index contributed by atoms with van der Waals surface area (Å²) in [6.45, 7) is 4.04. The summed E-state index contributed by atoms with van der Waals surface area (Å²) >= 11 is 0. The highest BCUT2D eigenvalue weighted by Gasteiger charge is 2.08. The van der Waals surface area contributed by atoms with Crippen LogP contribution < -0.4 is 9.47 Å². The summed E-state index contributed by atoms with van der Waals surface area (Å²) in [5, 5.41) is 7.80. The first-order chi connectivity index (χ1) is 10.2. The third-order valence-electron chi connectivity index (χ3n) is 3.07. The van der Waals surface area contributed by atoms with E-state index in [1.807, 2.05) is 32.0 Å². The van der Waals surface area contributed by atoms with Crippen molar-refractivity contribution in [3.05, 3.63) is 40.8 Å². The molecule has 0 N–H and O–H groups in total. The number of oxime groups is 1. The fourth-order valence-corrected chi connectivity index (χ4v) is 1.84. The fourth-order valence-electron chi connectivity index (χ4n) is 1.84. The molecule has 0 bridgehead atoms. The molecule has 21 heavy (non-hydrogen) atoms. The van der Waals surface area contributed by atoms with Gasteiger partial charge in [-0.1, -0.05) is 10.3 Å². The maximum Gasteiger partial charge on any atom is 0.161 e. The van der Waals surface area contributed by atoms with E-state index in [1.165, 1.54) is 0 Å². The molecular weight excluding hydrogens is 272 g/mol. The first-order valence-electron chi connectivity index (χ1n) is 6.44. The number of methoxy groups -OCH3 is 2.